The lowest BCUT2D eigenvalue weighted by molar-refractivity contribution is 0.363. The van der Waals surface area contributed by atoms with Crippen molar-refractivity contribution in [3.05, 3.63) is 29.8 Å². The molecule has 1 rings (SSSR count). The van der Waals surface area contributed by atoms with Gasteiger partial charge in [0.15, 0.2) is 0 Å². The standard InChI is InChI=1S/C13H22N2O2S.ClH/c1-4-13(5-2,10-14)15-18(16,17)12-8-6-11(3)7-9-12;/h6-9,15H,4-5,10,14H2,1-3H3;1H. The third kappa shape index (κ3) is 4.45. The molecule has 0 spiro atoms. The van der Waals surface area contributed by atoms with Gasteiger partial charge in [-0.1, -0.05) is 31.5 Å². The first-order valence-electron chi connectivity index (χ1n) is 6.20. The van der Waals surface area contributed by atoms with E-state index in [0.29, 0.717) is 19.4 Å². The third-order valence-electron chi connectivity index (χ3n) is 3.43. The number of hydrogen-bond donors (Lipinski definition) is 2. The zero-order chi connectivity index (χ0) is 13.8. The molecule has 110 valence electrons. The Kier molecular flexibility index (Phi) is 7.00. The van der Waals surface area contributed by atoms with Gasteiger partial charge in [-0.25, -0.2) is 13.1 Å². The van der Waals surface area contributed by atoms with Gasteiger partial charge in [0.05, 0.1) is 4.90 Å². The van der Waals surface area contributed by atoms with Gasteiger partial charge in [0.25, 0.3) is 0 Å². The maximum absolute atomic E-state index is 12.3. The van der Waals surface area contributed by atoms with E-state index in [4.69, 9.17) is 5.73 Å². The van der Waals surface area contributed by atoms with Gasteiger partial charge >= 0.3 is 0 Å². The number of rotatable bonds is 6. The van der Waals surface area contributed by atoms with E-state index >= 15 is 0 Å². The molecule has 6 heteroatoms. The second-order valence-corrected chi connectivity index (χ2v) is 6.29. The highest BCUT2D eigenvalue weighted by Gasteiger charge is 2.30. The van der Waals surface area contributed by atoms with Crippen molar-refractivity contribution in [1.29, 1.82) is 0 Å². The Morgan fingerprint density at radius 2 is 1.63 bits per heavy atom. The van der Waals surface area contributed by atoms with E-state index in [1.165, 1.54) is 0 Å². The molecule has 0 bridgehead atoms. The molecular weight excluding hydrogens is 284 g/mol. The largest absolute Gasteiger partial charge is 0.329 e. The third-order valence-corrected chi connectivity index (χ3v) is 5.02. The maximum atomic E-state index is 12.3. The molecule has 0 amide bonds. The number of aryl methyl sites for hydroxylation is 1. The summed E-state index contributed by atoms with van der Waals surface area (Å²) in [5.74, 6) is 0. The SMILES string of the molecule is CCC(CC)(CN)NS(=O)(=O)c1ccc(C)cc1.Cl. The average Bonchev–Trinajstić information content (AvgIpc) is 2.37. The molecule has 1 aromatic carbocycles. The Morgan fingerprint density at radius 3 is 2.00 bits per heavy atom. The van der Waals surface area contributed by atoms with Crippen LogP contribution in [0.3, 0.4) is 0 Å². The topological polar surface area (TPSA) is 72.2 Å². The van der Waals surface area contributed by atoms with Crippen LogP contribution in [-0.2, 0) is 10.0 Å². The summed E-state index contributed by atoms with van der Waals surface area (Å²) in [5, 5.41) is 0. The summed E-state index contributed by atoms with van der Waals surface area (Å²) < 4.78 is 27.3. The van der Waals surface area contributed by atoms with E-state index in [9.17, 15) is 8.42 Å². The van der Waals surface area contributed by atoms with Crippen molar-refractivity contribution in [2.75, 3.05) is 6.54 Å². The van der Waals surface area contributed by atoms with E-state index in [1.807, 2.05) is 20.8 Å². The van der Waals surface area contributed by atoms with E-state index in [1.54, 1.807) is 24.3 Å². The van der Waals surface area contributed by atoms with E-state index in [-0.39, 0.29) is 17.3 Å². The summed E-state index contributed by atoms with van der Waals surface area (Å²) in [7, 11) is -3.50. The monoisotopic (exact) mass is 306 g/mol. The minimum absolute atomic E-state index is 0. The maximum Gasteiger partial charge on any atom is 0.241 e. The normalized spacial score (nSPS) is 12.0. The van der Waals surface area contributed by atoms with Crippen LogP contribution < -0.4 is 10.5 Å². The number of hydrogen-bond acceptors (Lipinski definition) is 3. The number of sulfonamides is 1. The van der Waals surface area contributed by atoms with Crippen LogP contribution in [0.15, 0.2) is 29.2 Å². The minimum atomic E-state index is -3.50. The highest BCUT2D eigenvalue weighted by molar-refractivity contribution is 7.89. The molecule has 0 aliphatic rings. The predicted octanol–water partition coefficient (Wildman–Crippen LogP) is 2.21. The van der Waals surface area contributed by atoms with Crippen LogP contribution in [-0.4, -0.2) is 20.5 Å². The number of halogens is 1. The molecule has 0 unspecified atom stereocenters. The van der Waals surface area contributed by atoms with Crippen LogP contribution in [0.1, 0.15) is 32.3 Å². The van der Waals surface area contributed by atoms with Crippen LogP contribution in [0.5, 0.6) is 0 Å². The minimum Gasteiger partial charge on any atom is -0.329 e. The number of benzene rings is 1. The van der Waals surface area contributed by atoms with Crippen molar-refractivity contribution < 1.29 is 8.42 Å². The van der Waals surface area contributed by atoms with Gasteiger partial charge in [-0.2, -0.15) is 0 Å². The first-order chi connectivity index (χ1) is 8.39. The molecule has 3 N–H and O–H groups in total. The highest BCUT2D eigenvalue weighted by Crippen LogP contribution is 2.18. The summed E-state index contributed by atoms with van der Waals surface area (Å²) >= 11 is 0. The zero-order valence-corrected chi connectivity index (χ0v) is 13.3. The van der Waals surface area contributed by atoms with Gasteiger partial charge in [-0.05, 0) is 31.9 Å². The lowest BCUT2D eigenvalue weighted by Crippen LogP contribution is -2.52. The average molecular weight is 307 g/mol. The Morgan fingerprint density at radius 1 is 1.16 bits per heavy atom. The molecule has 19 heavy (non-hydrogen) atoms. The van der Waals surface area contributed by atoms with Gasteiger partial charge in [0, 0.05) is 12.1 Å². The molecule has 0 atom stereocenters. The first kappa shape index (κ1) is 18.4. The lowest BCUT2D eigenvalue weighted by Gasteiger charge is -2.30. The summed E-state index contributed by atoms with van der Waals surface area (Å²) in [5.41, 5.74) is 6.19. The molecule has 0 radical (unpaired) electrons. The van der Waals surface area contributed by atoms with Gasteiger partial charge in [0.1, 0.15) is 0 Å². The van der Waals surface area contributed by atoms with Crippen LogP contribution in [0, 0.1) is 6.92 Å². The van der Waals surface area contributed by atoms with Crippen molar-refractivity contribution in [2.24, 2.45) is 5.73 Å². The van der Waals surface area contributed by atoms with E-state index in [0.717, 1.165) is 5.56 Å². The smallest absolute Gasteiger partial charge is 0.241 e. The van der Waals surface area contributed by atoms with Crippen molar-refractivity contribution in [2.45, 2.75) is 44.0 Å². The lowest BCUT2D eigenvalue weighted by atomic mass is 9.95. The van der Waals surface area contributed by atoms with Crippen LogP contribution >= 0.6 is 12.4 Å². The molecular formula is C13H23ClN2O2S. The van der Waals surface area contributed by atoms with Crippen molar-refractivity contribution in [3.8, 4) is 0 Å². The van der Waals surface area contributed by atoms with Gasteiger partial charge in [0.2, 0.25) is 10.0 Å². The van der Waals surface area contributed by atoms with Crippen LogP contribution in [0.2, 0.25) is 0 Å². The fourth-order valence-electron chi connectivity index (χ4n) is 1.79. The molecule has 1 aromatic rings. The van der Waals surface area contributed by atoms with Crippen LogP contribution in [0.4, 0.5) is 0 Å². The molecule has 0 aromatic heterocycles. The summed E-state index contributed by atoms with van der Waals surface area (Å²) in [6, 6.07) is 6.81. The Bertz CT molecular complexity index is 474. The van der Waals surface area contributed by atoms with E-state index in [2.05, 4.69) is 4.72 Å². The zero-order valence-electron chi connectivity index (χ0n) is 11.6. The fourth-order valence-corrected chi connectivity index (χ4v) is 3.34. The molecule has 0 aliphatic carbocycles. The second kappa shape index (κ2) is 7.24. The Hall–Kier alpha value is -0.620. The summed E-state index contributed by atoms with van der Waals surface area (Å²) in [6.45, 7) is 6.10. The summed E-state index contributed by atoms with van der Waals surface area (Å²) in [4.78, 5) is 0.285. The van der Waals surface area contributed by atoms with Crippen molar-refractivity contribution in [1.82, 2.24) is 4.72 Å². The molecule has 0 aliphatic heterocycles. The van der Waals surface area contributed by atoms with Gasteiger partial charge in [-0.3, -0.25) is 0 Å². The van der Waals surface area contributed by atoms with Crippen molar-refractivity contribution in [3.63, 3.8) is 0 Å². The number of nitrogens with two attached hydrogens (primary N) is 1. The summed E-state index contributed by atoms with van der Waals surface area (Å²) in [6.07, 6.45) is 1.34. The molecule has 4 nitrogen and oxygen atoms in total. The second-order valence-electron chi connectivity index (χ2n) is 4.61. The number of nitrogens with one attached hydrogen (secondary N) is 1. The quantitative estimate of drug-likeness (QED) is 0.846. The molecule has 0 saturated heterocycles. The Balaban J connectivity index is 0.00000324. The molecule has 0 heterocycles. The predicted molar refractivity (Wildman–Crippen MR) is 81.1 cm³/mol. The fraction of sp³-hybridized carbons (Fsp3) is 0.538. The van der Waals surface area contributed by atoms with Gasteiger partial charge in [-0.15, -0.1) is 12.4 Å². The molecule has 0 saturated carbocycles. The molecule has 0 fully saturated rings. The van der Waals surface area contributed by atoms with Crippen LogP contribution in [0.25, 0.3) is 0 Å². The van der Waals surface area contributed by atoms with E-state index < -0.39 is 15.6 Å². The highest BCUT2D eigenvalue weighted by atomic mass is 35.5. The van der Waals surface area contributed by atoms with Gasteiger partial charge < -0.3 is 5.73 Å². The first-order valence-corrected chi connectivity index (χ1v) is 7.68. The van der Waals surface area contributed by atoms with Crippen molar-refractivity contribution >= 4 is 22.4 Å². The Labute approximate surface area is 122 Å².